The van der Waals surface area contributed by atoms with Gasteiger partial charge in [0.1, 0.15) is 0 Å². The molecular weight excluding hydrogens is 314 g/mol. The van der Waals surface area contributed by atoms with Crippen molar-refractivity contribution in [1.82, 2.24) is 15.5 Å². The third kappa shape index (κ3) is 5.62. The van der Waals surface area contributed by atoms with Crippen molar-refractivity contribution in [3.63, 3.8) is 0 Å². The van der Waals surface area contributed by atoms with Crippen LogP contribution in [-0.2, 0) is 6.54 Å². The van der Waals surface area contributed by atoms with Crippen LogP contribution in [0.15, 0.2) is 60.7 Å². The lowest BCUT2D eigenvalue weighted by molar-refractivity contribution is 0.219. The second kappa shape index (κ2) is 10.1. The van der Waals surface area contributed by atoms with Crippen molar-refractivity contribution in [2.45, 2.75) is 26.4 Å². The van der Waals surface area contributed by atoms with Gasteiger partial charge in [-0.3, -0.25) is 4.90 Å². The van der Waals surface area contributed by atoms with Crippen molar-refractivity contribution < 1.29 is 0 Å². The van der Waals surface area contributed by atoms with E-state index in [4.69, 9.17) is 12.2 Å². The molecule has 0 bridgehead atoms. The van der Waals surface area contributed by atoms with Gasteiger partial charge < -0.3 is 10.6 Å². The second-order valence-corrected chi connectivity index (χ2v) is 6.11. The van der Waals surface area contributed by atoms with Crippen LogP contribution in [0.5, 0.6) is 0 Å². The Morgan fingerprint density at radius 2 is 1.50 bits per heavy atom. The molecule has 128 valence electrons. The molecule has 0 aliphatic heterocycles. The van der Waals surface area contributed by atoms with Crippen LogP contribution in [0.1, 0.15) is 31.0 Å². The van der Waals surface area contributed by atoms with Crippen LogP contribution in [0.25, 0.3) is 0 Å². The Balaban J connectivity index is 1.91. The van der Waals surface area contributed by atoms with E-state index >= 15 is 0 Å². The summed E-state index contributed by atoms with van der Waals surface area (Å²) in [6.07, 6.45) is 0. The van der Waals surface area contributed by atoms with Gasteiger partial charge in [-0.15, -0.1) is 0 Å². The van der Waals surface area contributed by atoms with Crippen molar-refractivity contribution in [3.8, 4) is 0 Å². The van der Waals surface area contributed by atoms with E-state index < -0.39 is 0 Å². The number of hydrogen-bond donors (Lipinski definition) is 2. The highest BCUT2D eigenvalue weighted by Crippen LogP contribution is 2.19. The molecule has 2 aromatic carbocycles. The average molecular weight is 342 g/mol. The number of hydrogen-bond acceptors (Lipinski definition) is 2. The first-order valence-electron chi connectivity index (χ1n) is 8.59. The summed E-state index contributed by atoms with van der Waals surface area (Å²) in [6, 6.07) is 21.2. The summed E-state index contributed by atoms with van der Waals surface area (Å²) in [4.78, 5) is 2.45. The van der Waals surface area contributed by atoms with E-state index in [1.807, 2.05) is 18.2 Å². The lowest BCUT2D eigenvalue weighted by Crippen LogP contribution is -2.41. The topological polar surface area (TPSA) is 27.3 Å². The van der Waals surface area contributed by atoms with Gasteiger partial charge >= 0.3 is 0 Å². The molecule has 0 aliphatic carbocycles. The minimum atomic E-state index is 0.317. The first-order valence-corrected chi connectivity index (χ1v) is 9.00. The zero-order chi connectivity index (χ0) is 17.2. The predicted octanol–water partition coefficient (Wildman–Crippen LogP) is 3.73. The molecule has 2 N–H and O–H groups in total. The summed E-state index contributed by atoms with van der Waals surface area (Å²) in [5.74, 6) is 0. The summed E-state index contributed by atoms with van der Waals surface area (Å²) in [6.45, 7) is 7.97. The zero-order valence-electron chi connectivity index (χ0n) is 14.5. The van der Waals surface area contributed by atoms with Crippen LogP contribution < -0.4 is 10.6 Å². The fourth-order valence-corrected chi connectivity index (χ4v) is 2.98. The van der Waals surface area contributed by atoms with E-state index in [1.54, 1.807) is 0 Å². The summed E-state index contributed by atoms with van der Waals surface area (Å²) in [5, 5.41) is 7.36. The Hall–Kier alpha value is -1.91. The molecule has 0 radical (unpaired) electrons. The second-order valence-electron chi connectivity index (χ2n) is 5.70. The molecule has 2 aromatic rings. The molecule has 24 heavy (non-hydrogen) atoms. The van der Waals surface area contributed by atoms with Crippen LogP contribution >= 0.6 is 12.2 Å². The molecule has 2 rings (SSSR count). The maximum atomic E-state index is 5.44. The zero-order valence-corrected chi connectivity index (χ0v) is 15.4. The monoisotopic (exact) mass is 341 g/mol. The van der Waals surface area contributed by atoms with Gasteiger partial charge in [0.05, 0.1) is 6.04 Å². The van der Waals surface area contributed by atoms with E-state index in [0.717, 1.165) is 26.2 Å². The molecule has 0 saturated heterocycles. The Labute approximate surface area is 151 Å². The Bertz CT molecular complexity index is 597. The fourth-order valence-electron chi connectivity index (χ4n) is 2.83. The number of benzene rings is 2. The van der Waals surface area contributed by atoms with Crippen LogP contribution in [0.4, 0.5) is 0 Å². The highest BCUT2D eigenvalue weighted by Gasteiger charge is 2.17. The maximum Gasteiger partial charge on any atom is 0.166 e. The number of likely N-dealkylation sites (N-methyl/N-ethyl adjacent to an activating group) is 1. The summed E-state index contributed by atoms with van der Waals surface area (Å²) >= 11 is 5.44. The minimum absolute atomic E-state index is 0.317. The van der Waals surface area contributed by atoms with Crippen molar-refractivity contribution in [1.29, 1.82) is 0 Å². The molecule has 0 fully saturated rings. The molecular formula is C20H27N3S. The van der Waals surface area contributed by atoms with E-state index in [9.17, 15) is 0 Å². The Morgan fingerprint density at radius 3 is 2.08 bits per heavy atom. The van der Waals surface area contributed by atoms with E-state index in [2.05, 4.69) is 71.8 Å². The van der Waals surface area contributed by atoms with E-state index in [0.29, 0.717) is 11.2 Å². The van der Waals surface area contributed by atoms with Crippen LogP contribution in [0, 0.1) is 0 Å². The van der Waals surface area contributed by atoms with Crippen LogP contribution in [0.3, 0.4) is 0 Å². The van der Waals surface area contributed by atoms with E-state index in [1.165, 1.54) is 11.1 Å². The Morgan fingerprint density at radius 1 is 0.917 bits per heavy atom. The first-order chi connectivity index (χ1) is 11.7. The quantitative estimate of drug-likeness (QED) is 0.716. The minimum Gasteiger partial charge on any atom is -0.361 e. The fraction of sp³-hybridized carbons (Fsp3) is 0.350. The van der Waals surface area contributed by atoms with Crippen LogP contribution in [-0.4, -0.2) is 29.6 Å². The predicted molar refractivity (Wildman–Crippen MR) is 106 cm³/mol. The van der Waals surface area contributed by atoms with Crippen LogP contribution in [0.2, 0.25) is 0 Å². The van der Waals surface area contributed by atoms with Crippen molar-refractivity contribution >= 4 is 17.3 Å². The summed E-state index contributed by atoms with van der Waals surface area (Å²) in [5.41, 5.74) is 2.55. The van der Waals surface area contributed by atoms with Gasteiger partial charge in [0.25, 0.3) is 0 Å². The smallest absolute Gasteiger partial charge is 0.166 e. The number of thiocarbonyl (C=S) groups is 1. The number of nitrogens with one attached hydrogen (secondary N) is 2. The van der Waals surface area contributed by atoms with Crippen molar-refractivity contribution in [2.24, 2.45) is 0 Å². The molecule has 0 amide bonds. The normalized spacial score (nSPS) is 12.0. The molecule has 0 aromatic heterocycles. The molecule has 3 nitrogen and oxygen atoms in total. The standard InChI is InChI=1S/C20H27N3S/c1-3-23(4-2)19(18-13-9-6-10-14-18)16-22-20(24)21-15-17-11-7-5-8-12-17/h5-14,19H,3-4,15-16H2,1-2H3,(H2,21,22,24)/t19-/m0/s1. The third-order valence-electron chi connectivity index (χ3n) is 4.19. The molecule has 0 spiro atoms. The van der Waals surface area contributed by atoms with E-state index in [-0.39, 0.29) is 0 Å². The van der Waals surface area contributed by atoms with Gasteiger partial charge in [-0.25, -0.2) is 0 Å². The van der Waals surface area contributed by atoms with Gasteiger partial charge in [0.2, 0.25) is 0 Å². The van der Waals surface area contributed by atoms with Gasteiger partial charge in [-0.2, -0.15) is 0 Å². The summed E-state index contributed by atoms with van der Waals surface area (Å²) < 4.78 is 0. The maximum absolute atomic E-state index is 5.44. The first kappa shape index (κ1) is 18.4. The highest BCUT2D eigenvalue weighted by atomic mass is 32.1. The summed E-state index contributed by atoms with van der Waals surface area (Å²) in [7, 11) is 0. The highest BCUT2D eigenvalue weighted by molar-refractivity contribution is 7.80. The van der Waals surface area contributed by atoms with Gasteiger partial charge in [-0.1, -0.05) is 74.5 Å². The van der Waals surface area contributed by atoms with Gasteiger partial charge in [0, 0.05) is 13.1 Å². The largest absolute Gasteiger partial charge is 0.361 e. The Kier molecular flexibility index (Phi) is 7.72. The molecule has 0 unspecified atom stereocenters. The lowest BCUT2D eigenvalue weighted by atomic mass is 10.1. The third-order valence-corrected chi connectivity index (χ3v) is 4.48. The SMILES string of the molecule is CCN(CC)[C@@H](CNC(=S)NCc1ccccc1)c1ccccc1. The molecule has 0 heterocycles. The average Bonchev–Trinajstić information content (AvgIpc) is 2.65. The van der Waals surface area contributed by atoms with Crippen molar-refractivity contribution in [3.05, 3.63) is 71.8 Å². The number of rotatable bonds is 8. The number of nitrogens with zero attached hydrogens (tertiary/aromatic N) is 1. The van der Waals surface area contributed by atoms with Gasteiger partial charge in [0.15, 0.2) is 5.11 Å². The molecule has 4 heteroatoms. The molecule has 0 aliphatic rings. The molecule has 1 atom stereocenters. The van der Waals surface area contributed by atoms with Gasteiger partial charge in [-0.05, 0) is 36.4 Å². The van der Waals surface area contributed by atoms with Crippen molar-refractivity contribution in [2.75, 3.05) is 19.6 Å². The lowest BCUT2D eigenvalue weighted by Gasteiger charge is -2.30. The molecule has 0 saturated carbocycles.